The van der Waals surface area contributed by atoms with Gasteiger partial charge in [-0.3, -0.25) is 0 Å². The van der Waals surface area contributed by atoms with E-state index >= 15 is 0 Å². The Morgan fingerprint density at radius 2 is 1.94 bits per heavy atom. The molecule has 4 heteroatoms. The summed E-state index contributed by atoms with van der Waals surface area (Å²) in [7, 11) is 0. The third kappa shape index (κ3) is 3.23. The van der Waals surface area contributed by atoms with E-state index in [1.54, 1.807) is 6.07 Å². The minimum Gasteiger partial charge on any atom is -0.381 e. The lowest BCUT2D eigenvalue weighted by Gasteiger charge is -2.34. The van der Waals surface area contributed by atoms with Crippen molar-refractivity contribution in [2.24, 2.45) is 0 Å². The van der Waals surface area contributed by atoms with Crippen molar-refractivity contribution in [3.63, 3.8) is 0 Å². The monoisotopic (exact) mass is 241 g/mol. The fourth-order valence-corrected chi connectivity index (χ4v) is 1.96. The molecular weight excluding hydrogens is 224 g/mol. The highest BCUT2D eigenvalue weighted by molar-refractivity contribution is 5.17. The van der Waals surface area contributed by atoms with E-state index in [4.69, 9.17) is 4.74 Å². The Kier molecular flexibility index (Phi) is 3.74. The van der Waals surface area contributed by atoms with Gasteiger partial charge in [-0.25, -0.2) is 8.78 Å². The number of nitrogens with one attached hydrogen (secondary N) is 1. The van der Waals surface area contributed by atoms with E-state index in [0.29, 0.717) is 6.54 Å². The first kappa shape index (κ1) is 12.5. The quantitative estimate of drug-likeness (QED) is 0.878. The van der Waals surface area contributed by atoms with Gasteiger partial charge in [-0.2, -0.15) is 0 Å². The fraction of sp³-hybridized carbons (Fsp3) is 0.538. The van der Waals surface area contributed by atoms with Gasteiger partial charge in [0.05, 0.1) is 0 Å². The number of rotatable bonds is 3. The topological polar surface area (TPSA) is 21.3 Å². The summed E-state index contributed by atoms with van der Waals surface area (Å²) in [5, 5.41) is 3.39. The van der Waals surface area contributed by atoms with Crippen molar-refractivity contribution in [2.75, 3.05) is 13.2 Å². The first-order valence-electron chi connectivity index (χ1n) is 5.86. The minimum atomic E-state index is -0.800. The molecule has 0 aromatic heterocycles. The van der Waals surface area contributed by atoms with Gasteiger partial charge in [-0.1, -0.05) is 6.07 Å². The van der Waals surface area contributed by atoms with E-state index in [1.807, 2.05) is 0 Å². The second-order valence-electron chi connectivity index (χ2n) is 4.78. The molecular formula is C13H17F2NO. The number of benzene rings is 1. The molecule has 1 aliphatic rings. The van der Waals surface area contributed by atoms with Gasteiger partial charge in [0.2, 0.25) is 0 Å². The molecule has 94 valence electrons. The van der Waals surface area contributed by atoms with E-state index in [2.05, 4.69) is 12.2 Å². The van der Waals surface area contributed by atoms with Crippen LogP contribution >= 0.6 is 0 Å². The van der Waals surface area contributed by atoms with Gasteiger partial charge in [-0.05, 0) is 37.5 Å². The zero-order valence-corrected chi connectivity index (χ0v) is 9.93. The highest BCUT2D eigenvalue weighted by Crippen LogP contribution is 2.20. The molecule has 0 atom stereocenters. The standard InChI is InChI=1S/C13H17F2NO/c1-13(4-6-17-7-5-13)16-9-10-2-3-11(14)12(15)8-10/h2-3,8,16H,4-7,9H2,1H3. The van der Waals surface area contributed by atoms with Crippen LogP contribution in [0.1, 0.15) is 25.3 Å². The van der Waals surface area contributed by atoms with Crippen molar-refractivity contribution in [2.45, 2.75) is 31.8 Å². The maximum Gasteiger partial charge on any atom is 0.159 e. The average Bonchev–Trinajstić information content (AvgIpc) is 2.32. The summed E-state index contributed by atoms with van der Waals surface area (Å²) in [4.78, 5) is 0. The van der Waals surface area contributed by atoms with Crippen LogP contribution in [0.3, 0.4) is 0 Å². The van der Waals surface area contributed by atoms with Crippen LogP contribution in [-0.2, 0) is 11.3 Å². The summed E-state index contributed by atoms with van der Waals surface area (Å²) in [5.74, 6) is -1.59. The lowest BCUT2D eigenvalue weighted by molar-refractivity contribution is 0.0446. The SMILES string of the molecule is CC1(NCc2ccc(F)c(F)c2)CCOCC1. The molecule has 0 saturated carbocycles. The van der Waals surface area contributed by atoms with Crippen LogP contribution in [0.4, 0.5) is 8.78 Å². The molecule has 1 aromatic carbocycles. The molecule has 1 N–H and O–H groups in total. The number of ether oxygens (including phenoxy) is 1. The number of halogens is 2. The molecule has 1 fully saturated rings. The first-order chi connectivity index (χ1) is 8.09. The summed E-state index contributed by atoms with van der Waals surface area (Å²) in [6.45, 7) is 4.19. The third-order valence-electron chi connectivity index (χ3n) is 3.30. The second-order valence-corrected chi connectivity index (χ2v) is 4.78. The molecule has 0 bridgehead atoms. The van der Waals surface area contributed by atoms with Crippen molar-refractivity contribution in [1.82, 2.24) is 5.32 Å². The molecule has 0 radical (unpaired) electrons. The molecule has 0 spiro atoms. The van der Waals surface area contributed by atoms with Gasteiger partial charge < -0.3 is 10.1 Å². The van der Waals surface area contributed by atoms with Crippen LogP contribution in [0.15, 0.2) is 18.2 Å². The van der Waals surface area contributed by atoms with Crippen LogP contribution < -0.4 is 5.32 Å². The highest BCUT2D eigenvalue weighted by atomic mass is 19.2. The minimum absolute atomic E-state index is 0.0309. The molecule has 2 rings (SSSR count). The van der Waals surface area contributed by atoms with Gasteiger partial charge in [-0.15, -0.1) is 0 Å². The zero-order chi connectivity index (χ0) is 12.3. The van der Waals surface area contributed by atoms with Gasteiger partial charge in [0.1, 0.15) is 0 Å². The molecule has 0 unspecified atom stereocenters. The summed E-state index contributed by atoms with van der Waals surface area (Å²) >= 11 is 0. The summed E-state index contributed by atoms with van der Waals surface area (Å²) in [6, 6.07) is 4.01. The predicted molar refractivity (Wildman–Crippen MR) is 61.7 cm³/mol. The van der Waals surface area contributed by atoms with E-state index in [1.165, 1.54) is 12.1 Å². The fourth-order valence-electron chi connectivity index (χ4n) is 1.96. The van der Waals surface area contributed by atoms with Crippen LogP contribution in [-0.4, -0.2) is 18.8 Å². The Bertz CT molecular complexity index is 389. The Hall–Kier alpha value is -1.00. The van der Waals surface area contributed by atoms with Gasteiger partial charge >= 0.3 is 0 Å². The van der Waals surface area contributed by atoms with E-state index in [9.17, 15) is 8.78 Å². The van der Waals surface area contributed by atoms with Crippen molar-refractivity contribution in [3.8, 4) is 0 Å². The van der Waals surface area contributed by atoms with Crippen LogP contribution in [0.2, 0.25) is 0 Å². The highest BCUT2D eigenvalue weighted by Gasteiger charge is 2.26. The van der Waals surface area contributed by atoms with Crippen molar-refractivity contribution < 1.29 is 13.5 Å². The van der Waals surface area contributed by atoms with E-state index < -0.39 is 11.6 Å². The van der Waals surface area contributed by atoms with Gasteiger partial charge in [0.25, 0.3) is 0 Å². The Labute approximate surface area is 100.0 Å². The average molecular weight is 241 g/mol. The molecule has 0 aliphatic carbocycles. The zero-order valence-electron chi connectivity index (χ0n) is 9.93. The summed E-state index contributed by atoms with van der Waals surface area (Å²) in [6.07, 6.45) is 1.88. The van der Waals surface area contributed by atoms with E-state index in [0.717, 1.165) is 31.6 Å². The molecule has 1 aromatic rings. The lowest BCUT2D eigenvalue weighted by Crippen LogP contribution is -2.46. The Balaban J connectivity index is 1.94. The summed E-state index contributed by atoms with van der Waals surface area (Å²) in [5.41, 5.74) is 0.792. The van der Waals surface area contributed by atoms with Crippen molar-refractivity contribution in [3.05, 3.63) is 35.4 Å². The number of hydrogen-bond donors (Lipinski definition) is 1. The molecule has 1 saturated heterocycles. The van der Waals surface area contributed by atoms with Crippen LogP contribution in [0.25, 0.3) is 0 Å². The third-order valence-corrected chi connectivity index (χ3v) is 3.30. The maximum atomic E-state index is 13.0. The molecule has 17 heavy (non-hydrogen) atoms. The maximum absolute atomic E-state index is 13.0. The van der Waals surface area contributed by atoms with Crippen LogP contribution in [0, 0.1) is 11.6 Å². The van der Waals surface area contributed by atoms with E-state index in [-0.39, 0.29) is 5.54 Å². The predicted octanol–water partition coefficient (Wildman–Crippen LogP) is 2.62. The van der Waals surface area contributed by atoms with Crippen molar-refractivity contribution in [1.29, 1.82) is 0 Å². The number of hydrogen-bond acceptors (Lipinski definition) is 2. The molecule has 2 nitrogen and oxygen atoms in total. The molecule has 1 heterocycles. The summed E-state index contributed by atoms with van der Waals surface area (Å²) < 4.78 is 31.1. The smallest absolute Gasteiger partial charge is 0.159 e. The molecule has 1 aliphatic heterocycles. The second kappa shape index (κ2) is 5.10. The van der Waals surface area contributed by atoms with Crippen molar-refractivity contribution >= 4 is 0 Å². The van der Waals surface area contributed by atoms with Crippen LogP contribution in [0.5, 0.6) is 0 Å². The largest absolute Gasteiger partial charge is 0.381 e. The Morgan fingerprint density at radius 3 is 2.59 bits per heavy atom. The first-order valence-corrected chi connectivity index (χ1v) is 5.86. The van der Waals surface area contributed by atoms with Gasteiger partial charge in [0, 0.05) is 25.3 Å². The lowest BCUT2D eigenvalue weighted by atomic mass is 9.92. The van der Waals surface area contributed by atoms with Gasteiger partial charge in [0.15, 0.2) is 11.6 Å². The normalized spacial score (nSPS) is 19.2. The Morgan fingerprint density at radius 1 is 1.24 bits per heavy atom. The molecule has 0 amide bonds.